The van der Waals surface area contributed by atoms with Crippen molar-refractivity contribution in [3.8, 4) is 16.9 Å². The summed E-state index contributed by atoms with van der Waals surface area (Å²) in [5, 5.41) is 15.8. The van der Waals surface area contributed by atoms with Gasteiger partial charge in [-0.05, 0) is 75.9 Å². The van der Waals surface area contributed by atoms with Crippen molar-refractivity contribution in [1.82, 2.24) is 20.1 Å². The highest BCUT2D eigenvalue weighted by Gasteiger charge is 2.13. The van der Waals surface area contributed by atoms with E-state index in [4.69, 9.17) is 9.84 Å². The van der Waals surface area contributed by atoms with E-state index in [1.807, 2.05) is 50.7 Å². The van der Waals surface area contributed by atoms with Crippen molar-refractivity contribution < 1.29 is 19.0 Å². The van der Waals surface area contributed by atoms with E-state index in [0.29, 0.717) is 31.7 Å². The number of H-pyrrole nitrogens is 1. The Morgan fingerprint density at radius 3 is 2.81 bits per heavy atom. The fraction of sp³-hybridized carbons (Fsp3) is 0.310. The molecule has 37 heavy (non-hydrogen) atoms. The number of allylic oxidation sites excluding steroid dienone is 5. The number of aryl methyl sites for hydroxylation is 1. The molecule has 3 aromatic rings. The monoisotopic (exact) mass is 508 g/mol. The second-order valence-corrected chi connectivity index (χ2v) is 8.23. The second kappa shape index (κ2) is 16.7. The van der Waals surface area contributed by atoms with Crippen LogP contribution >= 0.6 is 0 Å². The van der Waals surface area contributed by atoms with Gasteiger partial charge in [-0.25, -0.2) is 9.07 Å². The molecule has 198 valence electrons. The Labute approximate surface area is 218 Å². The first-order valence-corrected chi connectivity index (χ1v) is 12.4. The third-order valence-electron chi connectivity index (χ3n) is 5.47. The van der Waals surface area contributed by atoms with Gasteiger partial charge in [0.1, 0.15) is 5.82 Å². The van der Waals surface area contributed by atoms with Gasteiger partial charge in [0.2, 0.25) is 6.41 Å². The Morgan fingerprint density at radius 1 is 1.32 bits per heavy atom. The lowest BCUT2D eigenvalue weighted by molar-refractivity contribution is -0.109. The highest BCUT2D eigenvalue weighted by molar-refractivity contribution is 5.62. The van der Waals surface area contributed by atoms with Crippen LogP contribution < -0.4 is 5.32 Å². The zero-order valence-corrected chi connectivity index (χ0v) is 21.8. The quantitative estimate of drug-likeness (QED) is 0.0827. The number of nitrogens with zero attached hydrogens (tertiary/aromatic N) is 2. The molecule has 7 nitrogen and oxygen atoms in total. The summed E-state index contributed by atoms with van der Waals surface area (Å²) in [6, 6.07) is 6.94. The van der Waals surface area contributed by atoms with E-state index >= 15 is 0 Å². The number of carbonyl (C=O) groups is 1. The van der Waals surface area contributed by atoms with Gasteiger partial charge in [0.05, 0.1) is 24.3 Å². The Bertz CT molecular complexity index is 1160. The molecule has 8 heteroatoms. The smallest absolute Gasteiger partial charge is 0.207 e. The van der Waals surface area contributed by atoms with Gasteiger partial charge in [0.15, 0.2) is 0 Å². The highest BCUT2D eigenvalue weighted by atomic mass is 19.1. The molecule has 0 radical (unpaired) electrons. The van der Waals surface area contributed by atoms with E-state index in [1.165, 1.54) is 11.6 Å². The minimum Gasteiger partial charge on any atom is -0.516 e. The minimum atomic E-state index is -0.212. The number of benzene rings is 1. The van der Waals surface area contributed by atoms with Crippen LogP contribution in [-0.4, -0.2) is 39.4 Å². The average molecular weight is 509 g/mol. The molecule has 0 aliphatic rings. The molecular weight excluding hydrogens is 471 g/mol. The molecule has 1 aromatic carbocycles. The lowest BCUT2D eigenvalue weighted by Crippen LogP contribution is -2.11. The molecular formula is C29H37FN4O3. The van der Waals surface area contributed by atoms with Crippen LogP contribution in [0.4, 0.5) is 4.39 Å². The number of ether oxygens (including phenoxy) is 1. The third-order valence-corrected chi connectivity index (χ3v) is 5.47. The summed E-state index contributed by atoms with van der Waals surface area (Å²) in [7, 11) is 0. The van der Waals surface area contributed by atoms with E-state index in [0.717, 1.165) is 48.0 Å². The maximum atomic E-state index is 13.4. The van der Waals surface area contributed by atoms with Crippen LogP contribution in [0.15, 0.2) is 79.0 Å². The van der Waals surface area contributed by atoms with Gasteiger partial charge in [-0.15, -0.1) is 0 Å². The maximum absolute atomic E-state index is 13.4. The molecule has 0 unspecified atom stereocenters. The van der Waals surface area contributed by atoms with Crippen LogP contribution in [-0.2, 0) is 16.1 Å². The number of aromatic amines is 1. The molecule has 0 spiro atoms. The fourth-order valence-corrected chi connectivity index (χ4v) is 3.52. The standard InChI is InChI=1S/C17H18FN3O.C12H19NO2/c1-3-22-11-14-10-21(15-4-5-16(18)12(2)8-15)20-17(14)13-6-7-19-9-13;1-2-3-6-12(8-5-10-14)7-4-9-13-11-15/h4-10,19H,3,11H2,1-2H3;2-3,5,8,10-11,14H,4,6-7,9H2,1H3,(H,13,15)/b;3-2-,10-5+,12-8+. The molecule has 0 saturated carbocycles. The first-order chi connectivity index (χ1) is 18.0. The van der Waals surface area contributed by atoms with Crippen molar-refractivity contribution in [2.45, 2.75) is 46.6 Å². The summed E-state index contributed by atoms with van der Waals surface area (Å²) >= 11 is 0. The SMILES string of the molecule is C/C=C\C/C(=C\C=C\O)CCCNC=O.CCOCc1cn(-c2ccc(F)c(C)c2)nc1-c1cc[nH]c1. The molecule has 0 bridgehead atoms. The van der Waals surface area contributed by atoms with Gasteiger partial charge in [-0.3, -0.25) is 4.79 Å². The first kappa shape index (κ1) is 29.3. The molecule has 3 N–H and O–H groups in total. The van der Waals surface area contributed by atoms with Crippen LogP contribution in [0.2, 0.25) is 0 Å². The summed E-state index contributed by atoms with van der Waals surface area (Å²) in [5.74, 6) is -0.212. The molecule has 1 amide bonds. The summed E-state index contributed by atoms with van der Waals surface area (Å²) in [6.45, 7) is 7.53. The topological polar surface area (TPSA) is 92.2 Å². The predicted octanol–water partition coefficient (Wildman–Crippen LogP) is 6.33. The zero-order valence-electron chi connectivity index (χ0n) is 21.8. The molecule has 0 aliphatic carbocycles. The summed E-state index contributed by atoms with van der Waals surface area (Å²) in [4.78, 5) is 13.0. The highest BCUT2D eigenvalue weighted by Crippen LogP contribution is 2.24. The van der Waals surface area contributed by atoms with Crippen molar-refractivity contribution in [3.63, 3.8) is 0 Å². The number of hydrogen-bond donors (Lipinski definition) is 3. The van der Waals surface area contributed by atoms with E-state index in [9.17, 15) is 9.18 Å². The Morgan fingerprint density at radius 2 is 2.16 bits per heavy atom. The van der Waals surface area contributed by atoms with Crippen LogP contribution in [0.5, 0.6) is 0 Å². The number of rotatable bonds is 13. The van der Waals surface area contributed by atoms with Crippen LogP contribution in [0.1, 0.15) is 44.2 Å². The number of amides is 1. The van der Waals surface area contributed by atoms with E-state index < -0.39 is 0 Å². The zero-order chi connectivity index (χ0) is 26.9. The number of aliphatic hydroxyl groups excluding tert-OH is 1. The van der Waals surface area contributed by atoms with Gasteiger partial charge >= 0.3 is 0 Å². The third kappa shape index (κ3) is 9.93. The van der Waals surface area contributed by atoms with Crippen molar-refractivity contribution in [3.05, 3.63) is 95.9 Å². The molecule has 3 rings (SSSR count). The molecule has 0 aliphatic heterocycles. The summed E-state index contributed by atoms with van der Waals surface area (Å²) < 4.78 is 20.7. The minimum absolute atomic E-state index is 0.212. The van der Waals surface area contributed by atoms with Crippen molar-refractivity contribution in [2.75, 3.05) is 13.2 Å². The first-order valence-electron chi connectivity index (χ1n) is 12.4. The van der Waals surface area contributed by atoms with Crippen molar-refractivity contribution >= 4 is 6.41 Å². The molecule has 0 fully saturated rings. The molecule has 0 atom stereocenters. The number of hydrogen-bond acceptors (Lipinski definition) is 4. The van der Waals surface area contributed by atoms with Gasteiger partial charge in [0, 0.05) is 42.9 Å². The van der Waals surface area contributed by atoms with Gasteiger partial charge in [-0.1, -0.05) is 23.8 Å². The van der Waals surface area contributed by atoms with E-state index in [2.05, 4.69) is 21.5 Å². The molecule has 2 aromatic heterocycles. The number of aromatic nitrogens is 3. The van der Waals surface area contributed by atoms with Crippen LogP contribution in [0, 0.1) is 12.7 Å². The number of carbonyl (C=O) groups excluding carboxylic acids is 1. The number of aliphatic hydroxyl groups is 1. The Balaban J connectivity index is 0.000000283. The molecule has 2 heterocycles. The largest absolute Gasteiger partial charge is 0.516 e. The van der Waals surface area contributed by atoms with Crippen molar-refractivity contribution in [1.29, 1.82) is 0 Å². The number of nitrogens with one attached hydrogen (secondary N) is 2. The lowest BCUT2D eigenvalue weighted by atomic mass is 10.1. The lowest BCUT2D eigenvalue weighted by Gasteiger charge is -2.03. The fourth-order valence-electron chi connectivity index (χ4n) is 3.52. The maximum Gasteiger partial charge on any atom is 0.207 e. The summed E-state index contributed by atoms with van der Waals surface area (Å²) in [6.07, 6.45) is 17.8. The average Bonchev–Trinajstić information content (AvgIpc) is 3.59. The summed E-state index contributed by atoms with van der Waals surface area (Å²) in [5.41, 5.74) is 5.56. The van der Waals surface area contributed by atoms with Crippen LogP contribution in [0.3, 0.4) is 0 Å². The Kier molecular flexibility index (Phi) is 13.2. The van der Waals surface area contributed by atoms with Gasteiger partial charge < -0.3 is 20.1 Å². The van der Waals surface area contributed by atoms with Crippen LogP contribution in [0.25, 0.3) is 16.9 Å². The second-order valence-electron chi connectivity index (χ2n) is 8.23. The predicted molar refractivity (Wildman–Crippen MR) is 146 cm³/mol. The van der Waals surface area contributed by atoms with Gasteiger partial charge in [0.25, 0.3) is 0 Å². The van der Waals surface area contributed by atoms with E-state index in [-0.39, 0.29) is 5.82 Å². The van der Waals surface area contributed by atoms with E-state index in [1.54, 1.807) is 29.8 Å². The Hall–Kier alpha value is -3.91. The van der Waals surface area contributed by atoms with Crippen molar-refractivity contribution in [2.24, 2.45) is 0 Å². The van der Waals surface area contributed by atoms with Gasteiger partial charge in [-0.2, -0.15) is 5.10 Å². The number of halogens is 1. The molecule has 0 saturated heterocycles. The normalized spacial score (nSPS) is 11.6.